The van der Waals surface area contributed by atoms with Crippen LogP contribution in [0.5, 0.6) is 0 Å². The van der Waals surface area contributed by atoms with Crippen molar-refractivity contribution in [3.63, 3.8) is 0 Å². The Labute approximate surface area is 328 Å². The minimum absolute atomic E-state index is 0.0217. The summed E-state index contributed by atoms with van der Waals surface area (Å²) in [5.41, 5.74) is 10.2. The molecule has 0 unspecified atom stereocenters. The van der Waals surface area contributed by atoms with Crippen LogP contribution in [0.4, 0.5) is 4.79 Å². The first-order valence-electron chi connectivity index (χ1n) is 17.3. The molecule has 1 amide bonds. The lowest BCUT2D eigenvalue weighted by Gasteiger charge is -2.23. The molecule has 0 saturated heterocycles. The minimum atomic E-state index is -0.800. The number of benzene rings is 2. The first-order chi connectivity index (χ1) is 26.3. The van der Waals surface area contributed by atoms with E-state index < -0.39 is 23.8 Å². The van der Waals surface area contributed by atoms with Gasteiger partial charge in [0.2, 0.25) is 0 Å². The normalized spacial score (nSPS) is 12.2. The Bertz CT molecular complexity index is 2150. The van der Waals surface area contributed by atoms with E-state index in [-0.39, 0.29) is 24.4 Å². The lowest BCUT2D eigenvalue weighted by atomic mass is 9.99. The molecule has 6 aromatic rings. The lowest BCUT2D eigenvalue weighted by molar-refractivity contribution is -0.121. The van der Waals surface area contributed by atoms with E-state index in [1.807, 2.05) is 36.4 Å². The van der Waals surface area contributed by atoms with E-state index >= 15 is 0 Å². The summed E-state index contributed by atoms with van der Waals surface area (Å²) in [5.74, 6) is 0.586. The van der Waals surface area contributed by atoms with Crippen molar-refractivity contribution in [2.24, 2.45) is 5.73 Å². The van der Waals surface area contributed by atoms with Crippen molar-refractivity contribution in [1.82, 2.24) is 25.6 Å². The van der Waals surface area contributed by atoms with Gasteiger partial charge in [0.05, 0.1) is 24.9 Å². The number of hydrogen-bond acceptors (Lipinski definition) is 11. The summed E-state index contributed by atoms with van der Waals surface area (Å²) in [6.45, 7) is 5.28. The summed E-state index contributed by atoms with van der Waals surface area (Å²) in [4.78, 5) is 45.6. The van der Waals surface area contributed by atoms with Crippen molar-refractivity contribution >= 4 is 40.9 Å². The molecule has 3 N–H and O–H groups in total. The van der Waals surface area contributed by atoms with Crippen LogP contribution in [-0.4, -0.2) is 55.6 Å². The van der Waals surface area contributed by atoms with Crippen LogP contribution in [0.2, 0.25) is 10.0 Å². The Hall–Kier alpha value is -5.69. The maximum Gasteiger partial charge on any atom is 0.408 e. The summed E-state index contributed by atoms with van der Waals surface area (Å²) < 4.78 is 15.9. The molecule has 0 spiro atoms. The molecular weight excluding hydrogens is 743 g/mol. The summed E-state index contributed by atoms with van der Waals surface area (Å²) in [6, 6.07) is 23.7. The number of rotatable bonds is 13. The molecule has 4 heterocycles. The number of amides is 1. The van der Waals surface area contributed by atoms with Gasteiger partial charge in [-0.15, -0.1) is 0 Å². The highest BCUT2D eigenvalue weighted by molar-refractivity contribution is 6.30. The number of carbonyl (C=O) groups excluding carboxylic acids is 3. The van der Waals surface area contributed by atoms with Crippen LogP contribution in [-0.2, 0) is 40.0 Å². The molecule has 0 fully saturated rings. The van der Waals surface area contributed by atoms with Gasteiger partial charge < -0.3 is 24.8 Å². The van der Waals surface area contributed by atoms with Crippen molar-refractivity contribution in [2.75, 3.05) is 0 Å². The molecule has 0 aliphatic carbocycles. The fourth-order valence-electron chi connectivity index (χ4n) is 5.25. The average Bonchev–Trinajstić information content (AvgIpc) is 3.83. The Kier molecular flexibility index (Phi) is 14.0. The van der Waals surface area contributed by atoms with Gasteiger partial charge in [-0.3, -0.25) is 19.6 Å². The van der Waals surface area contributed by atoms with Crippen LogP contribution >= 0.6 is 23.2 Å². The zero-order valence-electron chi connectivity index (χ0n) is 30.4. The van der Waals surface area contributed by atoms with Gasteiger partial charge in [-0.25, -0.2) is 4.79 Å². The zero-order chi connectivity index (χ0) is 39.4. The molecule has 2 aromatic carbocycles. The molecule has 55 heavy (non-hydrogen) atoms. The quantitative estimate of drug-likeness (QED) is 0.117. The largest absolute Gasteiger partial charge is 0.444 e. The molecule has 0 bridgehead atoms. The molecule has 284 valence electrons. The molecule has 12 nitrogen and oxygen atoms in total. The first kappa shape index (κ1) is 40.5. The van der Waals surface area contributed by atoms with Crippen molar-refractivity contribution in [3.05, 3.63) is 142 Å². The number of pyridine rings is 2. The van der Waals surface area contributed by atoms with E-state index in [0.29, 0.717) is 45.8 Å². The predicted octanol–water partition coefficient (Wildman–Crippen LogP) is 7.71. The molecule has 2 atom stereocenters. The topological polar surface area (TPSA) is 176 Å². The second kappa shape index (κ2) is 19.1. The number of ketones is 2. The molecule has 0 saturated carbocycles. The number of nitrogens with two attached hydrogens (primary N) is 1. The molecule has 4 aromatic heterocycles. The smallest absolute Gasteiger partial charge is 0.408 e. The molecule has 0 aliphatic rings. The molecular formula is C41H40Cl2N6O6. The van der Waals surface area contributed by atoms with Gasteiger partial charge in [0.25, 0.3) is 0 Å². The maximum absolute atomic E-state index is 13.0. The Balaban J connectivity index is 0.000000218. The highest BCUT2D eigenvalue weighted by atomic mass is 35.5. The van der Waals surface area contributed by atoms with Gasteiger partial charge in [0, 0.05) is 58.1 Å². The molecule has 0 radical (unpaired) electrons. The lowest BCUT2D eigenvalue weighted by Crippen LogP contribution is -2.45. The SMILES string of the molecule is CC(C)(C)OC(=O)N[C@@H](Cc1ccc(Cl)cc1)C(=O)Cc1cc(-c2ccncc2)no1.N[C@@H](Cc1ccc(Cl)cc1)C(=O)Cc1cc(-c2ccncc2)no1. The standard InChI is InChI=1S/C23H24ClN3O4.C18H16ClN3O2/c1-23(2,3)30-22(29)26-20(12-15-4-6-17(24)7-5-15)21(28)14-18-13-19(27-31-18)16-8-10-25-11-9-16;19-14-3-1-12(2-4-14)9-16(20)18(23)11-15-10-17(22-24-15)13-5-7-21-8-6-13/h4-11,13,20H,12,14H2,1-3H3,(H,26,29);1-8,10,16H,9,11,20H2/t20-;16-/m00/s1. The van der Waals surface area contributed by atoms with E-state index in [1.54, 1.807) is 94.1 Å². The number of hydrogen-bond donors (Lipinski definition) is 2. The second-order valence-corrected chi connectivity index (χ2v) is 14.5. The fraction of sp³-hybridized carbons (Fsp3) is 0.244. The summed E-state index contributed by atoms with van der Waals surface area (Å²) in [5, 5.41) is 11.9. The number of carbonyl (C=O) groups is 3. The van der Waals surface area contributed by atoms with Crippen molar-refractivity contribution in [2.45, 2.75) is 64.1 Å². The van der Waals surface area contributed by atoms with Gasteiger partial charge >= 0.3 is 6.09 Å². The predicted molar refractivity (Wildman–Crippen MR) is 208 cm³/mol. The van der Waals surface area contributed by atoms with Gasteiger partial charge in [0.1, 0.15) is 28.5 Å². The zero-order valence-corrected chi connectivity index (χ0v) is 32.0. The monoisotopic (exact) mass is 782 g/mol. The van der Waals surface area contributed by atoms with Crippen LogP contribution < -0.4 is 11.1 Å². The summed E-state index contributed by atoms with van der Waals surface area (Å²) >= 11 is 11.8. The van der Waals surface area contributed by atoms with Crippen molar-refractivity contribution in [3.8, 4) is 22.5 Å². The highest BCUT2D eigenvalue weighted by Gasteiger charge is 2.26. The number of nitrogens with one attached hydrogen (secondary N) is 1. The van der Waals surface area contributed by atoms with E-state index in [9.17, 15) is 14.4 Å². The molecule has 6 rings (SSSR count). The third kappa shape index (κ3) is 13.0. The number of aromatic nitrogens is 4. The Morgan fingerprint density at radius 2 is 1.13 bits per heavy atom. The first-order valence-corrected chi connectivity index (χ1v) is 18.1. The summed E-state index contributed by atoms with van der Waals surface area (Å²) in [7, 11) is 0. The fourth-order valence-corrected chi connectivity index (χ4v) is 5.50. The number of alkyl carbamates (subject to hydrolysis) is 1. The Morgan fingerprint density at radius 1 is 0.691 bits per heavy atom. The van der Waals surface area contributed by atoms with Gasteiger partial charge in [0.15, 0.2) is 11.6 Å². The number of ether oxygens (including phenoxy) is 1. The van der Waals surface area contributed by atoms with E-state index in [4.69, 9.17) is 42.7 Å². The van der Waals surface area contributed by atoms with Crippen molar-refractivity contribution < 1.29 is 28.2 Å². The van der Waals surface area contributed by atoms with Gasteiger partial charge in [-0.05, 0) is 93.3 Å². The van der Waals surface area contributed by atoms with Crippen LogP contribution in [0.25, 0.3) is 22.5 Å². The summed E-state index contributed by atoms with van der Waals surface area (Å²) in [6.07, 6.45) is 6.85. The van der Waals surface area contributed by atoms with Gasteiger partial charge in [-0.1, -0.05) is 57.8 Å². The number of nitrogens with zero attached hydrogens (tertiary/aromatic N) is 4. The van der Waals surface area contributed by atoms with Crippen LogP contribution in [0, 0.1) is 0 Å². The van der Waals surface area contributed by atoms with E-state index in [2.05, 4.69) is 25.6 Å². The van der Waals surface area contributed by atoms with Gasteiger partial charge in [-0.2, -0.15) is 0 Å². The number of halogens is 2. The number of Topliss-reactive ketones (excluding diaryl/α,β-unsaturated/α-hetero) is 2. The second-order valence-electron chi connectivity index (χ2n) is 13.6. The third-order valence-corrected chi connectivity index (χ3v) is 8.49. The van der Waals surface area contributed by atoms with Crippen molar-refractivity contribution in [1.29, 1.82) is 0 Å². The molecule has 14 heteroatoms. The molecule has 0 aliphatic heterocycles. The Morgan fingerprint density at radius 3 is 1.58 bits per heavy atom. The van der Waals surface area contributed by atoms with E-state index in [1.165, 1.54) is 0 Å². The maximum atomic E-state index is 13.0. The average molecular weight is 784 g/mol. The third-order valence-electron chi connectivity index (χ3n) is 7.98. The van der Waals surface area contributed by atoms with Crippen LogP contribution in [0.15, 0.2) is 119 Å². The highest BCUT2D eigenvalue weighted by Crippen LogP contribution is 2.21. The van der Waals surface area contributed by atoms with Crippen LogP contribution in [0.1, 0.15) is 43.4 Å². The minimum Gasteiger partial charge on any atom is -0.444 e. The van der Waals surface area contributed by atoms with Crippen LogP contribution in [0.3, 0.4) is 0 Å². The van der Waals surface area contributed by atoms with E-state index in [0.717, 1.165) is 22.3 Å².